The van der Waals surface area contributed by atoms with Crippen LogP contribution in [-0.4, -0.2) is 29.2 Å². The fourth-order valence-corrected chi connectivity index (χ4v) is 2.82. The number of amides is 1. The van der Waals surface area contributed by atoms with Gasteiger partial charge >= 0.3 is 0 Å². The van der Waals surface area contributed by atoms with Crippen LogP contribution in [0.15, 0.2) is 53.1 Å². The predicted molar refractivity (Wildman–Crippen MR) is 112 cm³/mol. The predicted octanol–water partition coefficient (Wildman–Crippen LogP) is 4.64. The molecule has 1 N–H and O–H groups in total. The number of carbonyl (C=O) groups is 1. The molecule has 0 saturated heterocycles. The Kier molecular flexibility index (Phi) is 7.25. The lowest BCUT2D eigenvalue weighted by atomic mass is 10.0. The second-order valence-electron chi connectivity index (χ2n) is 6.94. The second kappa shape index (κ2) is 10.1. The zero-order chi connectivity index (χ0) is 20.6. The van der Waals surface area contributed by atoms with Crippen molar-refractivity contribution in [1.82, 2.24) is 15.5 Å². The number of nitrogens with zero attached hydrogens (tertiary/aromatic N) is 2. The second-order valence-corrected chi connectivity index (χ2v) is 7.38. The maximum absolute atomic E-state index is 12.0. The van der Waals surface area contributed by atoms with Gasteiger partial charge in [0.15, 0.2) is 0 Å². The van der Waals surface area contributed by atoms with E-state index in [2.05, 4.69) is 41.4 Å². The molecule has 0 unspecified atom stereocenters. The van der Waals surface area contributed by atoms with Gasteiger partial charge in [0.25, 0.3) is 0 Å². The summed E-state index contributed by atoms with van der Waals surface area (Å²) in [4.78, 5) is 16.4. The fourth-order valence-electron chi connectivity index (χ4n) is 2.69. The summed E-state index contributed by atoms with van der Waals surface area (Å²) in [5.74, 6) is 2.07. The monoisotopic (exact) mass is 413 g/mol. The molecule has 7 heteroatoms. The first-order valence-electron chi connectivity index (χ1n) is 9.59. The van der Waals surface area contributed by atoms with Gasteiger partial charge in [0.1, 0.15) is 12.4 Å². The summed E-state index contributed by atoms with van der Waals surface area (Å²) in [6.07, 6.45) is 0.663. The van der Waals surface area contributed by atoms with Crippen LogP contribution >= 0.6 is 11.6 Å². The van der Waals surface area contributed by atoms with Crippen LogP contribution in [0, 0.1) is 0 Å². The van der Waals surface area contributed by atoms with Crippen LogP contribution in [0.4, 0.5) is 0 Å². The molecule has 1 heterocycles. The van der Waals surface area contributed by atoms with Crippen molar-refractivity contribution in [3.8, 4) is 17.1 Å². The van der Waals surface area contributed by atoms with E-state index in [-0.39, 0.29) is 12.3 Å². The molecular formula is C22H24ClN3O3. The average molecular weight is 414 g/mol. The molecule has 0 saturated carbocycles. The molecule has 0 bridgehead atoms. The molecule has 0 aliphatic carbocycles. The Balaban J connectivity index is 1.39. The van der Waals surface area contributed by atoms with E-state index in [1.54, 1.807) is 24.3 Å². The summed E-state index contributed by atoms with van der Waals surface area (Å²) < 4.78 is 10.8. The van der Waals surface area contributed by atoms with Crippen molar-refractivity contribution >= 4 is 17.5 Å². The Morgan fingerprint density at radius 3 is 2.55 bits per heavy atom. The summed E-state index contributed by atoms with van der Waals surface area (Å²) in [7, 11) is 0. The van der Waals surface area contributed by atoms with Crippen LogP contribution in [0.1, 0.15) is 37.6 Å². The van der Waals surface area contributed by atoms with Crippen molar-refractivity contribution in [2.45, 2.75) is 32.6 Å². The van der Waals surface area contributed by atoms with Crippen molar-refractivity contribution in [2.75, 3.05) is 13.2 Å². The quantitative estimate of drug-likeness (QED) is 0.517. The number of nitrogens with one attached hydrogen (secondary N) is 1. The van der Waals surface area contributed by atoms with Crippen molar-refractivity contribution < 1.29 is 14.1 Å². The highest BCUT2D eigenvalue weighted by Gasteiger charge is 2.11. The van der Waals surface area contributed by atoms with Gasteiger partial charge < -0.3 is 14.6 Å². The third-order valence-corrected chi connectivity index (χ3v) is 4.63. The fraction of sp³-hybridized carbons (Fsp3) is 0.318. The van der Waals surface area contributed by atoms with E-state index in [9.17, 15) is 4.79 Å². The molecule has 3 aromatic rings. The van der Waals surface area contributed by atoms with Crippen molar-refractivity contribution in [1.29, 1.82) is 0 Å². The molecule has 0 spiro atoms. The number of rotatable bonds is 9. The minimum absolute atomic E-state index is 0.0919. The minimum atomic E-state index is -0.0919. The number of benzene rings is 2. The van der Waals surface area contributed by atoms with Crippen molar-refractivity contribution in [3.05, 3.63) is 65.0 Å². The van der Waals surface area contributed by atoms with Crippen LogP contribution in [0.3, 0.4) is 0 Å². The standard InChI is InChI=1S/C22H24ClN3O3/c1-15(2)16-3-5-17(6-4-16)22-25-21(29-26-22)12-11-20(27)24-13-14-28-19-9-7-18(23)8-10-19/h3-10,15H,11-14H2,1-2H3,(H,24,27). The SMILES string of the molecule is CC(C)c1ccc(-c2noc(CCC(=O)NCCOc3ccc(Cl)cc3)n2)cc1. The molecule has 1 amide bonds. The zero-order valence-corrected chi connectivity index (χ0v) is 17.3. The Bertz CT molecular complexity index is 921. The zero-order valence-electron chi connectivity index (χ0n) is 16.5. The summed E-state index contributed by atoms with van der Waals surface area (Å²) in [5.41, 5.74) is 2.15. The van der Waals surface area contributed by atoms with Crippen LogP contribution in [0.25, 0.3) is 11.4 Å². The van der Waals surface area contributed by atoms with Crippen molar-refractivity contribution in [3.63, 3.8) is 0 Å². The van der Waals surface area contributed by atoms with E-state index in [1.165, 1.54) is 5.56 Å². The first kappa shape index (κ1) is 20.9. The number of carbonyl (C=O) groups excluding carboxylic acids is 1. The summed E-state index contributed by atoms with van der Waals surface area (Å²) >= 11 is 5.82. The maximum Gasteiger partial charge on any atom is 0.227 e. The molecule has 0 radical (unpaired) electrons. The number of hydrogen-bond acceptors (Lipinski definition) is 5. The highest BCUT2D eigenvalue weighted by Crippen LogP contribution is 2.20. The van der Waals surface area contributed by atoms with E-state index in [0.717, 1.165) is 5.56 Å². The number of hydrogen-bond donors (Lipinski definition) is 1. The molecule has 152 valence electrons. The van der Waals surface area contributed by atoms with Crippen molar-refractivity contribution in [2.24, 2.45) is 0 Å². The summed E-state index contributed by atoms with van der Waals surface area (Å²) in [6.45, 7) is 5.09. The first-order valence-corrected chi connectivity index (χ1v) is 9.97. The van der Waals surface area contributed by atoms with Crippen LogP contribution in [-0.2, 0) is 11.2 Å². The molecule has 2 aromatic carbocycles. The third kappa shape index (κ3) is 6.32. The number of aromatic nitrogens is 2. The lowest BCUT2D eigenvalue weighted by Crippen LogP contribution is -2.28. The summed E-state index contributed by atoms with van der Waals surface area (Å²) in [5, 5.41) is 7.47. The lowest BCUT2D eigenvalue weighted by molar-refractivity contribution is -0.121. The smallest absolute Gasteiger partial charge is 0.227 e. The summed E-state index contributed by atoms with van der Waals surface area (Å²) in [6, 6.07) is 15.2. The molecule has 0 atom stereocenters. The van der Waals surface area contributed by atoms with Gasteiger partial charge in [-0.15, -0.1) is 0 Å². The molecule has 6 nitrogen and oxygen atoms in total. The van der Waals surface area contributed by atoms with Gasteiger partial charge in [-0.3, -0.25) is 4.79 Å². The Morgan fingerprint density at radius 1 is 1.14 bits per heavy atom. The topological polar surface area (TPSA) is 77.2 Å². The van der Waals surface area contributed by atoms with Gasteiger partial charge in [-0.05, 0) is 35.7 Å². The molecule has 0 aliphatic rings. The van der Waals surface area contributed by atoms with Crippen LogP contribution < -0.4 is 10.1 Å². The Labute approximate surface area is 175 Å². The third-order valence-electron chi connectivity index (χ3n) is 4.38. The molecule has 0 aliphatic heterocycles. The highest BCUT2D eigenvalue weighted by atomic mass is 35.5. The normalized spacial score (nSPS) is 10.9. The number of halogens is 1. The van der Waals surface area contributed by atoms with E-state index < -0.39 is 0 Å². The maximum atomic E-state index is 12.0. The van der Waals surface area contributed by atoms with Gasteiger partial charge in [-0.1, -0.05) is 54.9 Å². The molecule has 0 fully saturated rings. The van der Waals surface area contributed by atoms with E-state index in [0.29, 0.717) is 48.0 Å². The van der Waals surface area contributed by atoms with E-state index in [1.807, 2.05) is 12.1 Å². The van der Waals surface area contributed by atoms with Gasteiger partial charge in [-0.25, -0.2) is 0 Å². The molecule has 3 rings (SSSR count). The van der Waals surface area contributed by atoms with Gasteiger partial charge in [0.05, 0.1) is 6.54 Å². The Morgan fingerprint density at radius 2 is 1.86 bits per heavy atom. The van der Waals surface area contributed by atoms with E-state index >= 15 is 0 Å². The number of ether oxygens (including phenoxy) is 1. The first-order chi connectivity index (χ1) is 14.0. The molecule has 1 aromatic heterocycles. The van der Waals surface area contributed by atoms with Crippen LogP contribution in [0.2, 0.25) is 5.02 Å². The van der Waals surface area contributed by atoms with Gasteiger partial charge in [0.2, 0.25) is 17.6 Å². The number of aryl methyl sites for hydroxylation is 1. The lowest BCUT2D eigenvalue weighted by Gasteiger charge is -2.07. The van der Waals surface area contributed by atoms with Crippen LogP contribution in [0.5, 0.6) is 5.75 Å². The average Bonchev–Trinajstić information content (AvgIpc) is 3.20. The van der Waals surface area contributed by atoms with Gasteiger partial charge in [-0.2, -0.15) is 4.98 Å². The highest BCUT2D eigenvalue weighted by molar-refractivity contribution is 6.30. The largest absolute Gasteiger partial charge is 0.492 e. The molecular weight excluding hydrogens is 390 g/mol. The molecule has 29 heavy (non-hydrogen) atoms. The van der Waals surface area contributed by atoms with E-state index in [4.69, 9.17) is 20.9 Å². The van der Waals surface area contributed by atoms with Gasteiger partial charge in [0, 0.05) is 23.4 Å². The minimum Gasteiger partial charge on any atom is -0.492 e. The Hall–Kier alpha value is -2.86.